The number of amides is 2. The van der Waals surface area contributed by atoms with E-state index in [2.05, 4.69) is 10.6 Å². The van der Waals surface area contributed by atoms with Crippen molar-refractivity contribution in [2.45, 2.75) is 71.4 Å². The number of fused-ring (bicyclic) bond motifs is 3. The van der Waals surface area contributed by atoms with Crippen molar-refractivity contribution in [2.24, 2.45) is 5.92 Å². The zero-order valence-electron chi connectivity index (χ0n) is 19.8. The van der Waals surface area contributed by atoms with E-state index in [1.54, 1.807) is 26.0 Å². The Morgan fingerprint density at radius 2 is 1.82 bits per heavy atom. The fourth-order valence-electron chi connectivity index (χ4n) is 4.22. The van der Waals surface area contributed by atoms with E-state index in [-0.39, 0.29) is 18.2 Å². The minimum Gasteiger partial charge on any atom is -0.484 e. The maximum absolute atomic E-state index is 12.6. The lowest BCUT2D eigenvalue weighted by atomic mass is 9.91. The molecule has 0 unspecified atom stereocenters. The van der Waals surface area contributed by atoms with Crippen LogP contribution in [0.1, 0.15) is 57.6 Å². The third kappa shape index (κ3) is 5.95. The maximum atomic E-state index is 12.6. The average molecular weight is 473 g/mol. The Kier molecular flexibility index (Phi) is 8.31. The van der Waals surface area contributed by atoms with Crippen LogP contribution in [0, 0.1) is 5.92 Å². The van der Waals surface area contributed by atoms with Gasteiger partial charge in [-0.25, -0.2) is 9.59 Å². The van der Waals surface area contributed by atoms with Gasteiger partial charge in [0.15, 0.2) is 6.61 Å². The summed E-state index contributed by atoms with van der Waals surface area (Å²) in [6.45, 7) is 4.99. The summed E-state index contributed by atoms with van der Waals surface area (Å²) in [4.78, 5) is 48.8. The molecular weight excluding hydrogens is 440 g/mol. The first kappa shape index (κ1) is 25.3. The number of ether oxygens (including phenoxy) is 1. The van der Waals surface area contributed by atoms with E-state index in [9.17, 15) is 24.3 Å². The number of rotatable bonds is 10. The Labute approximate surface area is 197 Å². The summed E-state index contributed by atoms with van der Waals surface area (Å²) in [5, 5.41) is 15.3. The predicted octanol–water partition coefficient (Wildman–Crippen LogP) is 2.56. The minimum absolute atomic E-state index is 0.263. The van der Waals surface area contributed by atoms with Gasteiger partial charge in [-0.05, 0) is 55.7 Å². The zero-order valence-corrected chi connectivity index (χ0v) is 19.8. The summed E-state index contributed by atoms with van der Waals surface area (Å²) in [6, 6.07) is 3.23. The van der Waals surface area contributed by atoms with Crippen LogP contribution in [0.3, 0.4) is 0 Å². The van der Waals surface area contributed by atoms with Crippen LogP contribution in [-0.4, -0.2) is 41.6 Å². The Bertz CT molecular complexity index is 1120. The number of nitrogens with one attached hydrogen (secondary N) is 2. The molecule has 0 fully saturated rings. The van der Waals surface area contributed by atoms with E-state index in [4.69, 9.17) is 9.15 Å². The number of hydrogen-bond acceptors (Lipinski definition) is 6. The number of hydrogen-bond donors (Lipinski definition) is 3. The van der Waals surface area contributed by atoms with Gasteiger partial charge in [0.05, 0.1) is 0 Å². The van der Waals surface area contributed by atoms with Crippen molar-refractivity contribution in [3.05, 3.63) is 39.7 Å². The third-order valence-electron chi connectivity index (χ3n) is 6.02. The van der Waals surface area contributed by atoms with Gasteiger partial charge in [-0.3, -0.25) is 9.59 Å². The maximum Gasteiger partial charge on any atom is 0.339 e. The lowest BCUT2D eigenvalue weighted by Crippen LogP contribution is -2.54. The van der Waals surface area contributed by atoms with Gasteiger partial charge in [0, 0.05) is 17.0 Å². The van der Waals surface area contributed by atoms with Crippen LogP contribution >= 0.6 is 0 Å². The molecule has 2 amide bonds. The highest BCUT2D eigenvalue weighted by atomic mass is 16.5. The smallest absolute Gasteiger partial charge is 0.339 e. The molecule has 0 saturated carbocycles. The van der Waals surface area contributed by atoms with Crippen molar-refractivity contribution in [3.8, 4) is 5.75 Å². The zero-order chi connectivity index (χ0) is 24.8. The van der Waals surface area contributed by atoms with E-state index in [1.165, 1.54) is 0 Å². The van der Waals surface area contributed by atoms with Crippen molar-refractivity contribution < 1.29 is 28.6 Å². The summed E-state index contributed by atoms with van der Waals surface area (Å²) < 4.78 is 11.1. The SMILES string of the molecule is CCC[C@H](NC(=O)[C@@H](NC(=O)COc1ccc2c3c(c(=O)oc2c1)CCCC3)C(C)C)C(=O)O. The fraction of sp³-hybridized carbons (Fsp3) is 0.520. The van der Waals surface area contributed by atoms with Crippen LogP contribution in [-0.2, 0) is 27.2 Å². The van der Waals surface area contributed by atoms with E-state index < -0.39 is 29.9 Å². The summed E-state index contributed by atoms with van der Waals surface area (Å²) in [5.74, 6) is -2.09. The van der Waals surface area contributed by atoms with E-state index in [0.29, 0.717) is 24.2 Å². The lowest BCUT2D eigenvalue weighted by Gasteiger charge is -2.24. The third-order valence-corrected chi connectivity index (χ3v) is 6.02. The van der Waals surface area contributed by atoms with E-state index in [1.807, 2.05) is 13.0 Å². The quantitative estimate of drug-likeness (QED) is 0.452. The van der Waals surface area contributed by atoms with Crippen molar-refractivity contribution in [2.75, 3.05) is 6.61 Å². The van der Waals surface area contributed by atoms with Crippen molar-refractivity contribution in [1.82, 2.24) is 10.6 Å². The number of benzene rings is 1. The lowest BCUT2D eigenvalue weighted by molar-refractivity contribution is -0.142. The van der Waals surface area contributed by atoms with Crippen LogP contribution in [0.15, 0.2) is 27.4 Å². The van der Waals surface area contributed by atoms with Gasteiger partial charge in [-0.1, -0.05) is 27.2 Å². The summed E-state index contributed by atoms with van der Waals surface area (Å²) in [7, 11) is 0. The van der Waals surface area contributed by atoms with Gasteiger partial charge in [-0.2, -0.15) is 0 Å². The molecule has 0 aliphatic heterocycles. The first-order valence-electron chi connectivity index (χ1n) is 11.7. The molecular formula is C25H32N2O7. The van der Waals surface area contributed by atoms with E-state index >= 15 is 0 Å². The summed E-state index contributed by atoms with van der Waals surface area (Å²) in [5.41, 5.74) is 1.86. The van der Waals surface area contributed by atoms with Crippen molar-refractivity contribution >= 4 is 28.8 Å². The normalized spacial score (nSPS) is 14.8. The molecule has 1 aliphatic carbocycles. The molecule has 3 N–H and O–H groups in total. The second kappa shape index (κ2) is 11.2. The van der Waals surface area contributed by atoms with Gasteiger partial charge in [0.1, 0.15) is 23.4 Å². The molecule has 1 aromatic heterocycles. The summed E-state index contributed by atoms with van der Waals surface area (Å²) in [6.07, 6.45) is 4.45. The van der Waals surface area contributed by atoms with Gasteiger partial charge >= 0.3 is 11.6 Å². The largest absolute Gasteiger partial charge is 0.484 e. The van der Waals surface area contributed by atoms with Crippen LogP contribution in [0.2, 0.25) is 0 Å². The van der Waals surface area contributed by atoms with Crippen LogP contribution < -0.4 is 21.0 Å². The fourth-order valence-corrected chi connectivity index (χ4v) is 4.22. The van der Waals surface area contributed by atoms with E-state index in [0.717, 1.165) is 42.2 Å². The number of carboxylic acid groups (broad SMARTS) is 1. The predicted molar refractivity (Wildman–Crippen MR) is 126 cm³/mol. The number of aryl methyl sites for hydroxylation is 1. The molecule has 9 nitrogen and oxygen atoms in total. The number of carbonyl (C=O) groups excluding carboxylic acids is 2. The molecule has 184 valence electrons. The Morgan fingerprint density at radius 3 is 2.47 bits per heavy atom. The highest BCUT2D eigenvalue weighted by molar-refractivity contribution is 5.91. The molecule has 0 radical (unpaired) electrons. The highest BCUT2D eigenvalue weighted by Gasteiger charge is 2.28. The molecule has 1 aliphatic rings. The second-order valence-electron chi connectivity index (χ2n) is 8.98. The Morgan fingerprint density at radius 1 is 1.12 bits per heavy atom. The molecule has 0 saturated heterocycles. The molecule has 0 bridgehead atoms. The first-order chi connectivity index (χ1) is 16.2. The van der Waals surface area contributed by atoms with Crippen LogP contribution in [0.5, 0.6) is 5.75 Å². The summed E-state index contributed by atoms with van der Waals surface area (Å²) >= 11 is 0. The van der Waals surface area contributed by atoms with Crippen LogP contribution in [0.25, 0.3) is 11.0 Å². The van der Waals surface area contributed by atoms with Crippen molar-refractivity contribution in [3.63, 3.8) is 0 Å². The van der Waals surface area contributed by atoms with Crippen LogP contribution in [0.4, 0.5) is 0 Å². The number of aliphatic carboxylic acids is 1. The monoisotopic (exact) mass is 472 g/mol. The molecule has 3 rings (SSSR count). The molecule has 34 heavy (non-hydrogen) atoms. The molecule has 1 heterocycles. The topological polar surface area (TPSA) is 135 Å². The molecule has 9 heteroatoms. The molecule has 0 spiro atoms. The van der Waals surface area contributed by atoms with Gasteiger partial charge in [0.2, 0.25) is 5.91 Å². The molecule has 1 aromatic carbocycles. The van der Waals surface area contributed by atoms with Gasteiger partial charge < -0.3 is 24.9 Å². The Balaban J connectivity index is 1.65. The van der Waals surface area contributed by atoms with Gasteiger partial charge in [0.25, 0.3) is 5.91 Å². The number of carboxylic acids is 1. The highest BCUT2D eigenvalue weighted by Crippen LogP contribution is 2.29. The first-order valence-corrected chi connectivity index (χ1v) is 11.7. The molecule has 2 atom stereocenters. The van der Waals surface area contributed by atoms with Crippen molar-refractivity contribution in [1.29, 1.82) is 0 Å². The standard InChI is InChI=1S/C25H32N2O7/c1-4-7-19(24(30)31)26-23(29)22(14(2)3)27-21(28)13-33-15-10-11-17-16-8-5-6-9-18(16)25(32)34-20(17)12-15/h10-12,14,19,22H,4-9,13H2,1-3H3,(H,26,29)(H,27,28)(H,30,31)/t19-,22-/m0/s1. The average Bonchev–Trinajstić information content (AvgIpc) is 2.80. The second-order valence-corrected chi connectivity index (χ2v) is 8.98. The molecule has 2 aromatic rings. The minimum atomic E-state index is -1.11. The Hall–Kier alpha value is -3.36. The number of carbonyl (C=O) groups is 3. The van der Waals surface area contributed by atoms with Gasteiger partial charge in [-0.15, -0.1) is 0 Å².